The van der Waals surface area contributed by atoms with E-state index in [4.69, 9.17) is 9.47 Å². The van der Waals surface area contributed by atoms with Gasteiger partial charge in [0.1, 0.15) is 5.75 Å². The number of likely N-dealkylation sites (tertiary alicyclic amines) is 1. The summed E-state index contributed by atoms with van der Waals surface area (Å²) in [7, 11) is -3.46. The lowest BCUT2D eigenvalue weighted by atomic mass is 9.92. The van der Waals surface area contributed by atoms with Crippen molar-refractivity contribution in [1.82, 2.24) is 9.80 Å². The van der Waals surface area contributed by atoms with E-state index in [0.29, 0.717) is 42.5 Å². The van der Waals surface area contributed by atoms with Crippen molar-refractivity contribution in [3.05, 3.63) is 107 Å². The Morgan fingerprint density at radius 2 is 1.49 bits per heavy atom. The molecule has 206 valence electrons. The first-order valence-electron chi connectivity index (χ1n) is 13.8. The smallest absolute Gasteiger partial charge is 0.176 e. The molecule has 0 saturated carbocycles. The van der Waals surface area contributed by atoms with Crippen LogP contribution in [0.25, 0.3) is 4.91 Å². The topological polar surface area (TPSA) is 59.1 Å². The summed E-state index contributed by atoms with van der Waals surface area (Å²) in [6, 6.07) is 28.5. The van der Waals surface area contributed by atoms with Crippen molar-refractivity contribution in [2.24, 2.45) is 0 Å². The van der Waals surface area contributed by atoms with Gasteiger partial charge in [-0.15, -0.1) is 0 Å². The first kappa shape index (κ1) is 27.6. The summed E-state index contributed by atoms with van der Waals surface area (Å²) >= 11 is 0. The van der Waals surface area contributed by atoms with Crippen molar-refractivity contribution in [3.63, 3.8) is 0 Å². The van der Waals surface area contributed by atoms with Gasteiger partial charge in [0.2, 0.25) is 0 Å². The maximum atomic E-state index is 13.1. The average molecular weight is 547 g/mol. The zero-order valence-electron chi connectivity index (χ0n) is 22.8. The van der Waals surface area contributed by atoms with Gasteiger partial charge in [-0.1, -0.05) is 86.1 Å². The van der Waals surface area contributed by atoms with Crippen molar-refractivity contribution in [1.29, 1.82) is 0 Å². The molecule has 0 bridgehead atoms. The quantitative estimate of drug-likeness (QED) is 0.340. The van der Waals surface area contributed by atoms with Crippen molar-refractivity contribution >= 4 is 14.7 Å². The second-order valence-electron chi connectivity index (χ2n) is 10.4. The van der Waals surface area contributed by atoms with Gasteiger partial charge >= 0.3 is 0 Å². The Balaban J connectivity index is 1.41. The lowest BCUT2D eigenvalue weighted by Crippen LogP contribution is -2.46. The Morgan fingerprint density at radius 1 is 0.872 bits per heavy atom. The predicted molar refractivity (Wildman–Crippen MR) is 156 cm³/mol. The molecule has 0 spiro atoms. The van der Waals surface area contributed by atoms with Gasteiger partial charge in [0, 0.05) is 32.4 Å². The molecule has 2 fully saturated rings. The molecule has 3 aromatic rings. The standard InChI is InChI=1S/C32H38N2O4S/c1-3-11-30(33-18-20-37-21-19-33)38-29-17-10-16-27(22-29)32(39(2,35)36)28-23-34(24-28)31(25-12-6-4-7-13-25)26-14-8-5-9-15-26/h4-10,12-17,22,30-31H,3,11,18-21,23-24H2,1-2H3. The van der Waals surface area contributed by atoms with Crippen LogP contribution in [0.4, 0.5) is 0 Å². The molecule has 0 aliphatic carbocycles. The fraction of sp³-hybridized carbons (Fsp3) is 0.375. The van der Waals surface area contributed by atoms with Gasteiger partial charge in [-0.05, 0) is 40.8 Å². The lowest BCUT2D eigenvalue weighted by molar-refractivity contribution is -0.0490. The van der Waals surface area contributed by atoms with Crippen LogP contribution in [-0.2, 0) is 14.6 Å². The monoisotopic (exact) mass is 546 g/mol. The maximum Gasteiger partial charge on any atom is 0.176 e. The van der Waals surface area contributed by atoms with Gasteiger partial charge in [0.15, 0.2) is 16.1 Å². The van der Waals surface area contributed by atoms with Crippen molar-refractivity contribution in [3.8, 4) is 5.75 Å². The molecule has 5 rings (SSSR count). The molecule has 3 aromatic carbocycles. The lowest BCUT2D eigenvalue weighted by Gasteiger charge is -2.42. The molecule has 2 aliphatic heterocycles. The van der Waals surface area contributed by atoms with E-state index >= 15 is 0 Å². The van der Waals surface area contributed by atoms with Gasteiger partial charge in [0.25, 0.3) is 0 Å². The maximum absolute atomic E-state index is 13.1. The molecule has 0 radical (unpaired) electrons. The van der Waals surface area contributed by atoms with E-state index in [2.05, 4.69) is 65.3 Å². The van der Waals surface area contributed by atoms with Gasteiger partial charge in [0.05, 0.1) is 24.2 Å². The fourth-order valence-electron chi connectivity index (χ4n) is 5.63. The van der Waals surface area contributed by atoms with E-state index in [0.717, 1.165) is 31.5 Å². The third kappa shape index (κ3) is 6.61. The van der Waals surface area contributed by atoms with E-state index in [-0.39, 0.29) is 12.3 Å². The Labute approximate surface area is 232 Å². The molecule has 0 aromatic heterocycles. The van der Waals surface area contributed by atoms with Crippen molar-refractivity contribution in [2.75, 3.05) is 45.6 Å². The number of ether oxygens (including phenoxy) is 2. The minimum atomic E-state index is -3.46. The van der Waals surface area contributed by atoms with Gasteiger partial charge in [-0.25, -0.2) is 8.42 Å². The summed E-state index contributed by atoms with van der Waals surface area (Å²) in [6.07, 6.45) is 3.16. The summed E-state index contributed by atoms with van der Waals surface area (Å²) in [5, 5.41) is 0. The Bertz CT molecular complexity index is 1320. The van der Waals surface area contributed by atoms with Crippen LogP contribution in [0.15, 0.2) is 90.5 Å². The highest BCUT2D eigenvalue weighted by molar-refractivity contribution is 8.00. The molecule has 1 unspecified atom stereocenters. The molecular weight excluding hydrogens is 508 g/mol. The van der Waals surface area contributed by atoms with Gasteiger partial charge in [-0.3, -0.25) is 9.80 Å². The molecule has 39 heavy (non-hydrogen) atoms. The number of nitrogens with zero attached hydrogens (tertiary/aromatic N) is 2. The fourth-order valence-corrected chi connectivity index (χ4v) is 6.84. The second-order valence-corrected chi connectivity index (χ2v) is 12.3. The van der Waals surface area contributed by atoms with E-state index in [1.807, 2.05) is 36.4 Å². The summed E-state index contributed by atoms with van der Waals surface area (Å²) in [5.74, 6) is 0.696. The predicted octanol–water partition coefficient (Wildman–Crippen LogP) is 5.38. The molecule has 6 nitrogen and oxygen atoms in total. The molecular formula is C32H38N2O4S. The molecule has 0 amide bonds. The molecule has 2 heterocycles. The molecule has 2 saturated heterocycles. The number of morpholine rings is 1. The Kier molecular flexibility index (Phi) is 8.82. The third-order valence-electron chi connectivity index (χ3n) is 7.43. The van der Waals surface area contributed by atoms with Crippen LogP contribution < -0.4 is 4.74 Å². The first-order chi connectivity index (χ1) is 18.9. The van der Waals surface area contributed by atoms with Crippen LogP contribution >= 0.6 is 0 Å². The van der Waals surface area contributed by atoms with Crippen LogP contribution in [0.2, 0.25) is 0 Å². The number of rotatable bonds is 10. The SMILES string of the molecule is CCCC(Oc1cccc(C(=C2CN(C(c3ccccc3)c3ccccc3)C2)S(C)(=O)=O)c1)N1CCOCC1. The minimum Gasteiger partial charge on any atom is -0.475 e. The van der Waals surface area contributed by atoms with Gasteiger partial charge in [-0.2, -0.15) is 0 Å². The molecule has 2 aliphatic rings. The third-order valence-corrected chi connectivity index (χ3v) is 8.70. The summed E-state index contributed by atoms with van der Waals surface area (Å²) in [4.78, 5) is 5.07. The number of sulfone groups is 1. The highest BCUT2D eigenvalue weighted by Gasteiger charge is 2.34. The zero-order valence-corrected chi connectivity index (χ0v) is 23.6. The molecule has 1 atom stereocenters. The van der Waals surface area contributed by atoms with E-state index < -0.39 is 9.84 Å². The summed E-state index contributed by atoms with van der Waals surface area (Å²) < 4.78 is 38.2. The highest BCUT2D eigenvalue weighted by Crippen LogP contribution is 2.38. The van der Waals surface area contributed by atoms with E-state index in [9.17, 15) is 8.42 Å². The molecule has 0 N–H and O–H groups in total. The zero-order chi connectivity index (χ0) is 27.2. The van der Waals surface area contributed by atoms with E-state index in [1.165, 1.54) is 17.4 Å². The summed E-state index contributed by atoms with van der Waals surface area (Å²) in [6.45, 7) is 6.42. The average Bonchev–Trinajstić information content (AvgIpc) is 2.93. The second kappa shape index (κ2) is 12.5. The van der Waals surface area contributed by atoms with Crippen LogP contribution in [0.1, 0.15) is 42.5 Å². The van der Waals surface area contributed by atoms with Gasteiger partial charge < -0.3 is 9.47 Å². The van der Waals surface area contributed by atoms with E-state index in [1.54, 1.807) is 0 Å². The Morgan fingerprint density at radius 3 is 2.05 bits per heavy atom. The largest absolute Gasteiger partial charge is 0.475 e. The molecule has 7 heteroatoms. The van der Waals surface area contributed by atoms with Crippen LogP contribution in [0, 0.1) is 0 Å². The van der Waals surface area contributed by atoms with Crippen LogP contribution in [-0.4, -0.2) is 70.1 Å². The van der Waals surface area contributed by atoms with Crippen LogP contribution in [0.3, 0.4) is 0 Å². The number of benzene rings is 3. The van der Waals surface area contributed by atoms with Crippen molar-refractivity contribution < 1.29 is 17.9 Å². The normalized spacial score (nSPS) is 17.6. The van der Waals surface area contributed by atoms with Crippen molar-refractivity contribution in [2.45, 2.75) is 32.0 Å². The number of hydrogen-bond acceptors (Lipinski definition) is 6. The first-order valence-corrected chi connectivity index (χ1v) is 15.7. The summed E-state index contributed by atoms with van der Waals surface area (Å²) in [5.41, 5.74) is 4.02. The highest BCUT2D eigenvalue weighted by atomic mass is 32.2. The Hall–Kier alpha value is -2.97. The minimum absolute atomic E-state index is 0.0554. The number of hydrogen-bond donors (Lipinski definition) is 0. The van der Waals surface area contributed by atoms with Crippen LogP contribution in [0.5, 0.6) is 5.75 Å².